The first kappa shape index (κ1) is 30.0. The summed E-state index contributed by atoms with van der Waals surface area (Å²) in [7, 11) is -5.51. The molecule has 0 spiro atoms. The highest BCUT2D eigenvalue weighted by molar-refractivity contribution is 7.99. The minimum absolute atomic E-state index is 0.181. The summed E-state index contributed by atoms with van der Waals surface area (Å²) < 4.78 is 45.8. The molecular weight excluding hydrogens is 579 g/mol. The summed E-state index contributed by atoms with van der Waals surface area (Å²) in [5, 5.41) is -0.492. The summed E-state index contributed by atoms with van der Waals surface area (Å²) >= 11 is 1.53. The molecule has 5 aromatic rings. The van der Waals surface area contributed by atoms with Gasteiger partial charge in [0.2, 0.25) is 10.0 Å². The lowest BCUT2D eigenvalue weighted by atomic mass is 9.78. The first-order valence-corrected chi connectivity index (χ1v) is 17.5. The molecule has 0 aliphatic heterocycles. The number of benzene rings is 5. The molecule has 214 valence electrons. The van der Waals surface area contributed by atoms with E-state index >= 15 is 0 Å². The molecule has 0 bridgehead atoms. The maximum absolute atomic E-state index is 14.2. The molecule has 0 amide bonds. The van der Waals surface area contributed by atoms with Crippen LogP contribution in [-0.4, -0.2) is 18.9 Å². The summed E-state index contributed by atoms with van der Waals surface area (Å²) in [6.45, 7) is 3.93. The summed E-state index contributed by atoms with van der Waals surface area (Å²) in [5.41, 5.74) is 3.16. The molecule has 0 saturated carbocycles. The van der Waals surface area contributed by atoms with E-state index in [-0.39, 0.29) is 4.90 Å². The predicted octanol–water partition coefficient (Wildman–Crippen LogP) is 7.80. The van der Waals surface area contributed by atoms with Crippen LogP contribution < -0.4 is 4.72 Å². The first-order valence-electron chi connectivity index (χ1n) is 13.6. The number of sulfonamides is 1. The van der Waals surface area contributed by atoms with Crippen LogP contribution >= 0.6 is 11.8 Å². The van der Waals surface area contributed by atoms with E-state index in [1.807, 2.05) is 129 Å². The Bertz CT molecular complexity index is 1730. The highest BCUT2D eigenvalue weighted by Gasteiger charge is 2.47. The zero-order valence-corrected chi connectivity index (χ0v) is 26.2. The van der Waals surface area contributed by atoms with Gasteiger partial charge in [-0.1, -0.05) is 114 Å². The second-order valence-corrected chi connectivity index (χ2v) is 14.3. The van der Waals surface area contributed by atoms with E-state index in [0.717, 1.165) is 27.8 Å². The van der Waals surface area contributed by atoms with Crippen LogP contribution in [0.2, 0.25) is 0 Å². The van der Waals surface area contributed by atoms with Gasteiger partial charge < -0.3 is 0 Å². The topological polar surface area (TPSA) is 63.2 Å². The Kier molecular flexibility index (Phi) is 9.13. The molecule has 7 heteroatoms. The van der Waals surface area contributed by atoms with Gasteiger partial charge in [-0.05, 0) is 67.1 Å². The van der Waals surface area contributed by atoms with Crippen LogP contribution in [0.15, 0.2) is 148 Å². The number of nitrogens with one attached hydrogen (secondary N) is 1. The molecule has 0 fully saturated rings. The van der Waals surface area contributed by atoms with E-state index in [1.165, 1.54) is 11.8 Å². The Hall–Kier alpha value is -3.49. The quantitative estimate of drug-likeness (QED) is 0.175. The molecule has 0 radical (unpaired) electrons. The fraction of sp³-hybridized carbons (Fsp3) is 0.143. The fourth-order valence-electron chi connectivity index (χ4n) is 5.22. The number of aryl methyl sites for hydroxylation is 2. The van der Waals surface area contributed by atoms with Crippen molar-refractivity contribution in [3.8, 4) is 0 Å². The van der Waals surface area contributed by atoms with Gasteiger partial charge in [0.25, 0.3) is 0 Å². The summed E-state index contributed by atoms with van der Waals surface area (Å²) in [6.07, 6.45) is 1.97. The van der Waals surface area contributed by atoms with Gasteiger partial charge in [0, 0.05) is 9.79 Å². The highest BCUT2D eigenvalue weighted by atomic mass is 32.2. The summed E-state index contributed by atoms with van der Waals surface area (Å²) in [4.78, 5) is 1.52. The van der Waals surface area contributed by atoms with Crippen molar-refractivity contribution in [3.63, 3.8) is 0 Å². The maximum atomic E-state index is 14.2. The largest absolute Gasteiger partial charge is 0.249 e. The van der Waals surface area contributed by atoms with Gasteiger partial charge in [-0.2, -0.15) is 16.5 Å². The van der Waals surface area contributed by atoms with Gasteiger partial charge in [0.1, 0.15) is 0 Å². The lowest BCUT2D eigenvalue weighted by Crippen LogP contribution is -2.50. The van der Waals surface area contributed by atoms with E-state index < -0.39 is 31.6 Å². The first-order chi connectivity index (χ1) is 20.3. The molecule has 4 nitrogen and oxygen atoms in total. The fourth-order valence-corrected chi connectivity index (χ4v) is 9.15. The molecule has 2 atom stereocenters. The average Bonchev–Trinajstić information content (AvgIpc) is 3.02. The molecule has 0 aromatic heterocycles. The van der Waals surface area contributed by atoms with E-state index in [1.54, 1.807) is 24.3 Å². The van der Waals surface area contributed by atoms with E-state index in [0.29, 0.717) is 9.79 Å². The van der Waals surface area contributed by atoms with Crippen molar-refractivity contribution in [3.05, 3.63) is 161 Å². The molecule has 0 heterocycles. The minimum Gasteiger partial charge on any atom is -0.249 e. The third-order valence-corrected chi connectivity index (χ3v) is 11.4. The lowest BCUT2D eigenvalue weighted by molar-refractivity contribution is 0.452. The SMILES string of the molecule is CS[C@@H](c1ccccc1[S@@](=O)c1ccc(C)cc1)C(NS(=O)(=O)c1ccc(C)cc1)(c1ccccc1)c1ccccc1. The monoisotopic (exact) mass is 611 g/mol. The standard InChI is InChI=1S/C35H33NO3S3/c1-26-18-22-30(23-19-26)41(37)33-17-11-10-16-32(33)34(40-3)35(28-12-6-4-7-13-28,29-14-8-5-9-15-29)36-42(38,39)31-24-20-27(2)21-25-31/h4-25,34,36H,1-3H3/t34-,41-/m0/s1. The van der Waals surface area contributed by atoms with Crippen LogP contribution in [-0.2, 0) is 26.4 Å². The van der Waals surface area contributed by atoms with Crippen LogP contribution in [0.1, 0.15) is 33.1 Å². The Morgan fingerprint density at radius 1 is 0.667 bits per heavy atom. The number of hydrogen-bond donors (Lipinski definition) is 1. The van der Waals surface area contributed by atoms with Crippen LogP contribution in [0.3, 0.4) is 0 Å². The van der Waals surface area contributed by atoms with E-state index in [2.05, 4.69) is 4.72 Å². The molecule has 0 saturated heterocycles. The molecule has 1 N–H and O–H groups in total. The van der Waals surface area contributed by atoms with Gasteiger partial charge in [-0.3, -0.25) is 0 Å². The van der Waals surface area contributed by atoms with Gasteiger partial charge in [-0.15, -0.1) is 0 Å². The molecule has 5 rings (SSSR count). The highest BCUT2D eigenvalue weighted by Crippen LogP contribution is 2.50. The third kappa shape index (κ3) is 6.01. The van der Waals surface area contributed by atoms with Crippen molar-refractivity contribution in [2.75, 3.05) is 6.26 Å². The van der Waals surface area contributed by atoms with Gasteiger partial charge >= 0.3 is 0 Å². The van der Waals surface area contributed by atoms with Crippen molar-refractivity contribution < 1.29 is 12.6 Å². The Morgan fingerprint density at radius 3 is 1.67 bits per heavy atom. The lowest BCUT2D eigenvalue weighted by Gasteiger charge is -2.42. The Morgan fingerprint density at radius 2 is 1.14 bits per heavy atom. The van der Waals surface area contributed by atoms with Gasteiger partial charge in [0.05, 0.1) is 26.5 Å². The minimum atomic E-state index is -4.02. The van der Waals surface area contributed by atoms with Crippen molar-refractivity contribution in [1.82, 2.24) is 4.72 Å². The molecule has 0 aliphatic carbocycles. The van der Waals surface area contributed by atoms with E-state index in [9.17, 15) is 12.6 Å². The van der Waals surface area contributed by atoms with Crippen LogP contribution in [0.5, 0.6) is 0 Å². The second-order valence-electron chi connectivity index (χ2n) is 10.2. The van der Waals surface area contributed by atoms with Crippen molar-refractivity contribution in [2.24, 2.45) is 0 Å². The van der Waals surface area contributed by atoms with Crippen molar-refractivity contribution in [1.29, 1.82) is 0 Å². The summed E-state index contributed by atoms with van der Waals surface area (Å²) in [6, 6.07) is 41.5. The predicted molar refractivity (Wildman–Crippen MR) is 174 cm³/mol. The molecule has 42 heavy (non-hydrogen) atoms. The van der Waals surface area contributed by atoms with Crippen molar-refractivity contribution in [2.45, 2.75) is 39.3 Å². The van der Waals surface area contributed by atoms with Crippen LogP contribution in [0.25, 0.3) is 0 Å². The van der Waals surface area contributed by atoms with E-state index in [4.69, 9.17) is 0 Å². The number of thioether (sulfide) groups is 1. The van der Waals surface area contributed by atoms with Gasteiger partial charge in [0.15, 0.2) is 0 Å². The van der Waals surface area contributed by atoms with Gasteiger partial charge in [-0.25, -0.2) is 12.6 Å². The zero-order chi connectivity index (χ0) is 29.7. The summed E-state index contributed by atoms with van der Waals surface area (Å²) in [5.74, 6) is 0. The second kappa shape index (κ2) is 12.8. The molecule has 0 aliphatic rings. The zero-order valence-electron chi connectivity index (χ0n) is 23.7. The molecular formula is C35H33NO3S3. The molecule has 5 aromatic carbocycles. The van der Waals surface area contributed by atoms with Crippen molar-refractivity contribution >= 4 is 32.6 Å². The molecule has 0 unspecified atom stereocenters. The Balaban J connectivity index is 1.78. The number of hydrogen-bond acceptors (Lipinski definition) is 4. The smallest absolute Gasteiger partial charge is 0.241 e. The third-order valence-electron chi connectivity index (χ3n) is 7.35. The Labute approximate surface area is 255 Å². The normalized spacial score (nSPS) is 13.4. The van der Waals surface area contributed by atoms with Crippen LogP contribution in [0, 0.1) is 13.8 Å². The maximum Gasteiger partial charge on any atom is 0.241 e. The van der Waals surface area contributed by atoms with Crippen LogP contribution in [0.4, 0.5) is 0 Å². The average molecular weight is 612 g/mol. The number of rotatable bonds is 10.